The van der Waals surface area contributed by atoms with Crippen molar-refractivity contribution in [1.29, 1.82) is 0 Å². The zero-order valence-corrected chi connectivity index (χ0v) is 7.45. The summed E-state index contributed by atoms with van der Waals surface area (Å²) in [5, 5.41) is 9.57. The molecule has 2 aliphatic heterocycles. The molecule has 0 aromatic rings. The highest BCUT2D eigenvalue weighted by Crippen LogP contribution is 2.41. The first kappa shape index (κ1) is 7.34. The molecule has 4 fully saturated rings. The van der Waals surface area contributed by atoms with Crippen molar-refractivity contribution in [3.63, 3.8) is 0 Å². The average molecular weight is 167 g/mol. The lowest BCUT2D eigenvalue weighted by Gasteiger charge is -2.51. The minimum Gasteiger partial charge on any atom is -0.392 e. The molecule has 2 saturated carbocycles. The lowest BCUT2D eigenvalue weighted by atomic mass is 9.68. The van der Waals surface area contributed by atoms with Crippen LogP contribution in [0.2, 0.25) is 0 Å². The van der Waals surface area contributed by atoms with Crippen LogP contribution in [0, 0.1) is 17.8 Å². The molecule has 2 nitrogen and oxygen atoms in total. The van der Waals surface area contributed by atoms with Crippen LogP contribution in [0.15, 0.2) is 0 Å². The van der Waals surface area contributed by atoms with Crippen molar-refractivity contribution in [3.8, 4) is 0 Å². The SMILES string of the molecule is OC1[C@@H]2C[C@H]1CN(CC1CC1)C2. The van der Waals surface area contributed by atoms with E-state index in [0.717, 1.165) is 5.92 Å². The Labute approximate surface area is 73.6 Å². The first-order valence-electron chi connectivity index (χ1n) is 5.23. The first-order chi connectivity index (χ1) is 5.83. The second kappa shape index (κ2) is 2.46. The van der Waals surface area contributed by atoms with E-state index in [9.17, 15) is 5.11 Å². The molecular weight excluding hydrogens is 150 g/mol. The van der Waals surface area contributed by atoms with E-state index in [-0.39, 0.29) is 6.10 Å². The van der Waals surface area contributed by atoms with E-state index < -0.39 is 0 Å². The number of hydrogen-bond donors (Lipinski definition) is 1. The van der Waals surface area contributed by atoms with Gasteiger partial charge in [0.1, 0.15) is 0 Å². The van der Waals surface area contributed by atoms with Gasteiger partial charge in [-0.1, -0.05) is 0 Å². The Hall–Kier alpha value is -0.0800. The fourth-order valence-electron chi connectivity index (χ4n) is 2.77. The Morgan fingerprint density at radius 3 is 2.33 bits per heavy atom. The van der Waals surface area contributed by atoms with Crippen molar-refractivity contribution >= 4 is 0 Å². The fourth-order valence-corrected chi connectivity index (χ4v) is 2.77. The van der Waals surface area contributed by atoms with Gasteiger partial charge in [-0.3, -0.25) is 0 Å². The van der Waals surface area contributed by atoms with E-state index in [0.29, 0.717) is 11.8 Å². The van der Waals surface area contributed by atoms with Crippen molar-refractivity contribution in [3.05, 3.63) is 0 Å². The second-order valence-electron chi connectivity index (χ2n) is 4.91. The van der Waals surface area contributed by atoms with Gasteiger partial charge in [0.2, 0.25) is 0 Å². The molecule has 2 saturated heterocycles. The molecule has 68 valence electrons. The fraction of sp³-hybridized carbons (Fsp3) is 1.00. The van der Waals surface area contributed by atoms with Crippen LogP contribution in [0.25, 0.3) is 0 Å². The third-order valence-electron chi connectivity index (χ3n) is 3.77. The van der Waals surface area contributed by atoms with Gasteiger partial charge >= 0.3 is 0 Å². The molecule has 12 heavy (non-hydrogen) atoms. The molecule has 0 spiro atoms. The Morgan fingerprint density at radius 2 is 1.83 bits per heavy atom. The molecule has 0 aromatic heterocycles. The summed E-state index contributed by atoms with van der Waals surface area (Å²) in [4.78, 5) is 2.57. The van der Waals surface area contributed by atoms with Gasteiger partial charge in [0.05, 0.1) is 6.10 Å². The van der Waals surface area contributed by atoms with Crippen LogP contribution in [-0.4, -0.2) is 35.7 Å². The zero-order valence-electron chi connectivity index (χ0n) is 7.45. The van der Waals surface area contributed by atoms with Gasteiger partial charge in [-0.25, -0.2) is 0 Å². The topological polar surface area (TPSA) is 23.5 Å². The molecule has 1 unspecified atom stereocenters. The number of piperidine rings is 2. The van der Waals surface area contributed by atoms with Gasteiger partial charge < -0.3 is 10.0 Å². The van der Waals surface area contributed by atoms with Gasteiger partial charge in [-0.05, 0) is 37.0 Å². The Morgan fingerprint density at radius 1 is 1.17 bits per heavy atom. The van der Waals surface area contributed by atoms with Gasteiger partial charge in [0.25, 0.3) is 0 Å². The predicted octanol–water partition coefficient (Wildman–Crippen LogP) is 0.709. The first-order valence-corrected chi connectivity index (χ1v) is 5.23. The van der Waals surface area contributed by atoms with Gasteiger partial charge in [-0.15, -0.1) is 0 Å². The second-order valence-corrected chi connectivity index (χ2v) is 4.91. The highest BCUT2D eigenvalue weighted by molar-refractivity contribution is 4.98. The molecule has 4 aliphatic rings. The summed E-state index contributed by atoms with van der Waals surface area (Å²) < 4.78 is 0. The van der Waals surface area contributed by atoms with E-state index in [1.807, 2.05) is 0 Å². The van der Waals surface area contributed by atoms with E-state index in [1.165, 1.54) is 38.9 Å². The van der Waals surface area contributed by atoms with Crippen LogP contribution in [0.1, 0.15) is 19.3 Å². The molecule has 2 heteroatoms. The summed E-state index contributed by atoms with van der Waals surface area (Å²) >= 11 is 0. The maximum Gasteiger partial charge on any atom is 0.0621 e. The Bertz CT molecular complexity index is 178. The van der Waals surface area contributed by atoms with Crippen molar-refractivity contribution in [1.82, 2.24) is 4.90 Å². The molecular formula is C10H17NO. The number of nitrogens with zero attached hydrogens (tertiary/aromatic N) is 1. The average Bonchev–Trinajstić information content (AvgIpc) is 2.88. The number of aliphatic hydroxyl groups excluding tert-OH is 1. The Kier molecular flexibility index (Phi) is 1.50. The minimum atomic E-state index is 0.0560. The molecule has 0 radical (unpaired) electrons. The summed E-state index contributed by atoms with van der Waals surface area (Å²) in [5.41, 5.74) is 0. The van der Waals surface area contributed by atoms with Crippen molar-refractivity contribution in [2.75, 3.05) is 19.6 Å². The number of rotatable bonds is 2. The summed E-state index contributed by atoms with van der Waals surface area (Å²) in [6.45, 7) is 3.67. The maximum absolute atomic E-state index is 9.57. The summed E-state index contributed by atoms with van der Waals surface area (Å²) in [6.07, 6.45) is 4.26. The molecule has 0 amide bonds. The summed E-state index contributed by atoms with van der Waals surface area (Å²) in [6, 6.07) is 0. The number of hydrogen-bond acceptors (Lipinski definition) is 2. The van der Waals surface area contributed by atoms with Crippen molar-refractivity contribution in [2.24, 2.45) is 17.8 Å². The molecule has 1 N–H and O–H groups in total. The lowest BCUT2D eigenvalue weighted by Crippen LogP contribution is -2.58. The van der Waals surface area contributed by atoms with Crippen molar-refractivity contribution in [2.45, 2.75) is 25.4 Å². The third kappa shape index (κ3) is 1.09. The lowest BCUT2D eigenvalue weighted by molar-refractivity contribution is -0.108. The smallest absolute Gasteiger partial charge is 0.0621 e. The largest absolute Gasteiger partial charge is 0.392 e. The molecule has 2 aliphatic carbocycles. The van der Waals surface area contributed by atoms with E-state index >= 15 is 0 Å². The van der Waals surface area contributed by atoms with Gasteiger partial charge in [-0.2, -0.15) is 0 Å². The normalized spacial score (nSPS) is 47.2. The van der Waals surface area contributed by atoms with E-state index in [2.05, 4.69) is 4.90 Å². The standard InChI is InChI=1S/C10H17NO/c12-10-8-3-9(10)6-11(5-8)4-7-1-2-7/h7-10,12H,1-6H2/t8-,9+,10?. The molecule has 2 bridgehead atoms. The molecule has 4 rings (SSSR count). The highest BCUT2D eigenvalue weighted by atomic mass is 16.3. The van der Waals surface area contributed by atoms with E-state index in [1.54, 1.807) is 0 Å². The Balaban J connectivity index is 1.56. The van der Waals surface area contributed by atoms with E-state index in [4.69, 9.17) is 0 Å². The predicted molar refractivity (Wildman–Crippen MR) is 46.8 cm³/mol. The van der Waals surface area contributed by atoms with Crippen LogP contribution in [0.3, 0.4) is 0 Å². The zero-order chi connectivity index (χ0) is 8.13. The maximum atomic E-state index is 9.57. The van der Waals surface area contributed by atoms with Crippen LogP contribution in [0.4, 0.5) is 0 Å². The minimum absolute atomic E-state index is 0.0560. The van der Waals surface area contributed by atoms with Gasteiger partial charge in [0, 0.05) is 19.6 Å². The van der Waals surface area contributed by atoms with Crippen LogP contribution in [0.5, 0.6) is 0 Å². The molecule has 2 heterocycles. The van der Waals surface area contributed by atoms with Crippen LogP contribution >= 0.6 is 0 Å². The van der Waals surface area contributed by atoms with Crippen LogP contribution in [-0.2, 0) is 0 Å². The van der Waals surface area contributed by atoms with Crippen LogP contribution < -0.4 is 0 Å². The summed E-state index contributed by atoms with van der Waals surface area (Å²) in [7, 11) is 0. The summed E-state index contributed by atoms with van der Waals surface area (Å²) in [5.74, 6) is 2.27. The highest BCUT2D eigenvalue weighted by Gasteiger charge is 2.46. The number of fused-ring (bicyclic) bond motifs is 2. The molecule has 3 atom stereocenters. The van der Waals surface area contributed by atoms with Crippen molar-refractivity contribution < 1.29 is 5.11 Å². The molecule has 0 aromatic carbocycles. The quantitative estimate of drug-likeness (QED) is 0.654. The van der Waals surface area contributed by atoms with Gasteiger partial charge in [0.15, 0.2) is 0 Å². The number of aliphatic hydroxyl groups is 1. The monoisotopic (exact) mass is 167 g/mol. The third-order valence-corrected chi connectivity index (χ3v) is 3.77.